The summed E-state index contributed by atoms with van der Waals surface area (Å²) in [6.45, 7) is 4.49. The maximum atomic E-state index is 12.8. The Kier molecular flexibility index (Phi) is 4.41. The van der Waals surface area contributed by atoms with E-state index in [1.807, 2.05) is 12.1 Å². The third kappa shape index (κ3) is 3.32. The summed E-state index contributed by atoms with van der Waals surface area (Å²) >= 11 is 0. The lowest BCUT2D eigenvalue weighted by atomic mass is 10.0. The van der Waals surface area contributed by atoms with E-state index in [2.05, 4.69) is 16.8 Å². The van der Waals surface area contributed by atoms with Crippen molar-refractivity contribution in [3.63, 3.8) is 0 Å². The number of likely N-dealkylation sites (N-methyl/N-ethyl adjacent to an activating group) is 1. The second-order valence-corrected chi connectivity index (χ2v) is 7.58. The maximum absolute atomic E-state index is 12.8. The number of hydrogen-bond acceptors (Lipinski definition) is 7. The number of nitrogens with zero attached hydrogens (tertiary/aromatic N) is 2. The highest BCUT2D eigenvalue weighted by molar-refractivity contribution is 5.86. The molecule has 3 aromatic rings. The van der Waals surface area contributed by atoms with Crippen LogP contribution < -0.4 is 15.1 Å². The second kappa shape index (κ2) is 7.09. The number of phenolic OH excluding ortho intramolecular Hbond substituents is 1. The summed E-state index contributed by atoms with van der Waals surface area (Å²) in [4.78, 5) is 17.3. The molecule has 29 heavy (non-hydrogen) atoms. The van der Waals surface area contributed by atoms with Gasteiger partial charge in [0.1, 0.15) is 11.3 Å². The van der Waals surface area contributed by atoms with Gasteiger partial charge in [-0.25, -0.2) is 4.79 Å². The van der Waals surface area contributed by atoms with Crippen LogP contribution in [0.4, 0.5) is 0 Å². The Morgan fingerprint density at radius 1 is 1.00 bits per heavy atom. The Labute approximate surface area is 167 Å². The summed E-state index contributed by atoms with van der Waals surface area (Å²) in [5.41, 5.74) is 1.81. The van der Waals surface area contributed by atoms with E-state index in [4.69, 9.17) is 13.9 Å². The fraction of sp³-hybridized carbons (Fsp3) is 0.318. The molecule has 2 aliphatic heterocycles. The molecule has 0 radical (unpaired) electrons. The molecule has 0 atom stereocenters. The van der Waals surface area contributed by atoms with E-state index in [0.717, 1.165) is 31.6 Å². The highest BCUT2D eigenvalue weighted by Gasteiger charge is 2.20. The SMILES string of the molecule is CN1CCN(Cc2c(O)ccc3cc(-c4ccc5c(c4)OCO5)c(=O)oc23)CC1. The Bertz CT molecular complexity index is 1130. The molecule has 0 unspecified atom stereocenters. The Hall–Kier alpha value is -3.03. The van der Waals surface area contributed by atoms with Crippen molar-refractivity contribution in [3.05, 3.63) is 52.4 Å². The van der Waals surface area contributed by atoms with Crippen LogP contribution in [0.1, 0.15) is 5.56 Å². The molecule has 1 N–H and O–H groups in total. The van der Waals surface area contributed by atoms with Gasteiger partial charge in [-0.3, -0.25) is 4.90 Å². The standard InChI is InChI=1S/C22H22N2O5/c1-23-6-8-24(9-7-23)12-17-18(25)4-2-15-10-16(22(26)29-21(15)17)14-3-5-19-20(11-14)28-13-27-19/h2-5,10-11,25H,6-9,12-13H2,1H3. The highest BCUT2D eigenvalue weighted by atomic mass is 16.7. The van der Waals surface area contributed by atoms with Crippen LogP contribution in [0.15, 0.2) is 45.6 Å². The summed E-state index contributed by atoms with van der Waals surface area (Å²) in [6.07, 6.45) is 0. The van der Waals surface area contributed by atoms with Gasteiger partial charge in [-0.05, 0) is 42.9 Å². The number of hydrogen-bond donors (Lipinski definition) is 1. The van der Waals surface area contributed by atoms with E-state index in [0.29, 0.717) is 40.3 Å². The Morgan fingerprint density at radius 2 is 1.79 bits per heavy atom. The summed E-state index contributed by atoms with van der Waals surface area (Å²) in [6, 6.07) is 10.6. The normalized spacial score (nSPS) is 17.1. The zero-order chi connectivity index (χ0) is 20.0. The van der Waals surface area contributed by atoms with Gasteiger partial charge < -0.3 is 23.9 Å². The van der Waals surface area contributed by atoms with Crippen LogP contribution >= 0.6 is 0 Å². The second-order valence-electron chi connectivity index (χ2n) is 7.58. The van der Waals surface area contributed by atoms with Gasteiger partial charge >= 0.3 is 5.63 Å². The average Bonchev–Trinajstić information content (AvgIpc) is 3.19. The van der Waals surface area contributed by atoms with Crippen molar-refractivity contribution < 1.29 is 19.0 Å². The average molecular weight is 394 g/mol. The first-order valence-corrected chi connectivity index (χ1v) is 9.68. The summed E-state index contributed by atoms with van der Waals surface area (Å²) in [5, 5.41) is 11.2. The Morgan fingerprint density at radius 3 is 2.62 bits per heavy atom. The van der Waals surface area contributed by atoms with Gasteiger partial charge in [0.05, 0.1) is 11.1 Å². The number of phenols is 1. The molecule has 5 rings (SSSR count). The Balaban J connectivity index is 1.54. The van der Waals surface area contributed by atoms with Crippen molar-refractivity contribution in [2.24, 2.45) is 0 Å². The molecule has 1 aromatic heterocycles. The van der Waals surface area contributed by atoms with Crippen molar-refractivity contribution in [2.45, 2.75) is 6.54 Å². The summed E-state index contributed by atoms with van der Waals surface area (Å²) in [5.74, 6) is 1.43. The van der Waals surface area contributed by atoms with Crippen LogP contribution in [0.25, 0.3) is 22.1 Å². The third-order valence-electron chi connectivity index (χ3n) is 5.64. The first kappa shape index (κ1) is 18.0. The van der Waals surface area contributed by atoms with Gasteiger partial charge in [0.15, 0.2) is 11.5 Å². The molecule has 7 nitrogen and oxygen atoms in total. The van der Waals surface area contributed by atoms with Gasteiger partial charge in [-0.2, -0.15) is 0 Å². The molecule has 1 saturated heterocycles. The molecule has 0 saturated carbocycles. The van der Waals surface area contributed by atoms with Gasteiger partial charge in [-0.15, -0.1) is 0 Å². The van der Waals surface area contributed by atoms with E-state index < -0.39 is 5.63 Å². The fourth-order valence-electron chi connectivity index (χ4n) is 3.88. The van der Waals surface area contributed by atoms with Crippen LogP contribution in [0.2, 0.25) is 0 Å². The number of piperazine rings is 1. The van der Waals surface area contributed by atoms with Crippen molar-refractivity contribution in [2.75, 3.05) is 40.0 Å². The van der Waals surface area contributed by atoms with Gasteiger partial charge in [-0.1, -0.05) is 6.07 Å². The smallest absolute Gasteiger partial charge is 0.344 e. The first-order chi connectivity index (χ1) is 14.1. The predicted octanol–water partition coefficient (Wildman–Crippen LogP) is 2.64. The molecule has 3 heterocycles. The van der Waals surface area contributed by atoms with Crippen LogP contribution in [0, 0.1) is 0 Å². The third-order valence-corrected chi connectivity index (χ3v) is 5.64. The van der Waals surface area contributed by atoms with E-state index >= 15 is 0 Å². The number of ether oxygens (including phenoxy) is 2. The lowest BCUT2D eigenvalue weighted by Gasteiger charge is -2.32. The fourth-order valence-corrected chi connectivity index (χ4v) is 3.88. The van der Waals surface area contributed by atoms with Crippen LogP contribution in [-0.4, -0.2) is 54.9 Å². The predicted molar refractivity (Wildman–Crippen MR) is 108 cm³/mol. The molecular formula is C22H22N2O5. The van der Waals surface area contributed by atoms with Gasteiger partial charge in [0.2, 0.25) is 6.79 Å². The molecule has 7 heteroatoms. The molecule has 1 fully saturated rings. The molecule has 2 aromatic carbocycles. The van der Waals surface area contributed by atoms with Crippen molar-refractivity contribution in [1.29, 1.82) is 0 Å². The number of aromatic hydroxyl groups is 1. The maximum Gasteiger partial charge on any atom is 0.344 e. The molecule has 0 bridgehead atoms. The number of rotatable bonds is 3. The summed E-state index contributed by atoms with van der Waals surface area (Å²) in [7, 11) is 2.10. The number of fused-ring (bicyclic) bond motifs is 2. The molecule has 150 valence electrons. The molecule has 0 aliphatic carbocycles. The first-order valence-electron chi connectivity index (χ1n) is 9.68. The minimum atomic E-state index is -0.443. The minimum Gasteiger partial charge on any atom is -0.507 e. The van der Waals surface area contributed by atoms with Crippen molar-refractivity contribution >= 4 is 11.0 Å². The van der Waals surface area contributed by atoms with E-state index in [-0.39, 0.29) is 12.5 Å². The van der Waals surface area contributed by atoms with Crippen LogP contribution in [0.5, 0.6) is 17.2 Å². The lowest BCUT2D eigenvalue weighted by Crippen LogP contribution is -2.43. The van der Waals surface area contributed by atoms with Crippen LogP contribution in [0.3, 0.4) is 0 Å². The largest absolute Gasteiger partial charge is 0.507 e. The van der Waals surface area contributed by atoms with Gasteiger partial charge in [0.25, 0.3) is 0 Å². The zero-order valence-corrected chi connectivity index (χ0v) is 16.2. The van der Waals surface area contributed by atoms with Crippen molar-refractivity contribution in [3.8, 4) is 28.4 Å². The minimum absolute atomic E-state index is 0.149. The van der Waals surface area contributed by atoms with Crippen LogP contribution in [-0.2, 0) is 6.54 Å². The van der Waals surface area contributed by atoms with E-state index in [1.165, 1.54) is 0 Å². The molecule has 0 amide bonds. The molecular weight excluding hydrogens is 372 g/mol. The quantitative estimate of drug-likeness (QED) is 0.685. The van der Waals surface area contributed by atoms with E-state index in [9.17, 15) is 9.90 Å². The highest BCUT2D eigenvalue weighted by Crippen LogP contribution is 2.36. The van der Waals surface area contributed by atoms with Crippen molar-refractivity contribution in [1.82, 2.24) is 9.80 Å². The monoisotopic (exact) mass is 394 g/mol. The number of benzene rings is 2. The van der Waals surface area contributed by atoms with Gasteiger partial charge in [0, 0.05) is 38.1 Å². The topological polar surface area (TPSA) is 75.4 Å². The lowest BCUT2D eigenvalue weighted by molar-refractivity contribution is 0.147. The molecule has 2 aliphatic rings. The van der Waals surface area contributed by atoms with E-state index in [1.54, 1.807) is 24.3 Å². The molecule has 0 spiro atoms. The zero-order valence-electron chi connectivity index (χ0n) is 16.2. The summed E-state index contributed by atoms with van der Waals surface area (Å²) < 4.78 is 16.5.